The van der Waals surface area contributed by atoms with Gasteiger partial charge in [0.05, 0.1) is 10.6 Å². The summed E-state index contributed by atoms with van der Waals surface area (Å²) in [6.07, 6.45) is 3.66. The maximum absolute atomic E-state index is 12.7. The standard InChI is InChI=1S/C20H24N2O2S.C4H4O4/c1-14-15(2)25-18(16-6-4-3-5-7-16)17(14)21-19(23)24-20-8-11-22(12-9-20)13-10-20;5-3(6)1-2-4(7)8/h3-7H,8-13H2,1-2H3,(H,21,23);1-2H,(H,5,6)(H,7,8)/b;2-1+. The largest absolute Gasteiger partial charge is 0.478 e. The first-order valence-corrected chi connectivity index (χ1v) is 11.5. The molecule has 0 spiro atoms. The molecule has 0 radical (unpaired) electrons. The monoisotopic (exact) mass is 472 g/mol. The number of benzene rings is 1. The first-order valence-electron chi connectivity index (χ1n) is 10.7. The summed E-state index contributed by atoms with van der Waals surface area (Å²) in [5.41, 5.74) is 2.88. The van der Waals surface area contributed by atoms with Crippen LogP contribution in [0.2, 0.25) is 0 Å². The van der Waals surface area contributed by atoms with Crippen LogP contribution in [0.4, 0.5) is 10.5 Å². The average molecular weight is 473 g/mol. The number of piperidine rings is 3. The Morgan fingerprint density at radius 2 is 1.55 bits per heavy atom. The van der Waals surface area contributed by atoms with Crippen LogP contribution >= 0.6 is 11.3 Å². The van der Waals surface area contributed by atoms with Gasteiger partial charge in [-0.2, -0.15) is 0 Å². The molecule has 0 saturated carbocycles. The lowest BCUT2D eigenvalue weighted by Gasteiger charge is -2.47. The van der Waals surface area contributed by atoms with Gasteiger partial charge in [-0.3, -0.25) is 5.32 Å². The molecule has 0 aliphatic carbocycles. The fourth-order valence-electron chi connectivity index (χ4n) is 3.99. The maximum Gasteiger partial charge on any atom is 0.412 e. The molecule has 9 heteroatoms. The predicted octanol–water partition coefficient (Wildman–Crippen LogP) is 4.53. The Balaban J connectivity index is 0.000000331. The average Bonchev–Trinajstić information content (AvgIpc) is 3.08. The number of amides is 1. The third-order valence-electron chi connectivity index (χ3n) is 5.98. The zero-order chi connectivity index (χ0) is 24.0. The molecule has 3 aliphatic rings. The van der Waals surface area contributed by atoms with Gasteiger partial charge >= 0.3 is 18.0 Å². The summed E-state index contributed by atoms with van der Waals surface area (Å²) < 4.78 is 5.95. The van der Waals surface area contributed by atoms with Crippen molar-refractivity contribution >= 4 is 35.1 Å². The minimum atomic E-state index is -1.26. The van der Waals surface area contributed by atoms with Gasteiger partial charge in [0.1, 0.15) is 5.60 Å². The summed E-state index contributed by atoms with van der Waals surface area (Å²) in [5, 5.41) is 18.7. The summed E-state index contributed by atoms with van der Waals surface area (Å²) in [4.78, 5) is 36.5. The second-order valence-corrected chi connectivity index (χ2v) is 9.38. The van der Waals surface area contributed by atoms with Crippen molar-refractivity contribution in [1.82, 2.24) is 4.90 Å². The fourth-order valence-corrected chi connectivity index (χ4v) is 5.11. The number of nitrogens with one attached hydrogen (secondary N) is 1. The quantitative estimate of drug-likeness (QED) is 0.548. The van der Waals surface area contributed by atoms with E-state index in [1.165, 1.54) is 4.88 Å². The normalized spacial score (nSPS) is 21.2. The fraction of sp³-hybridized carbons (Fsp3) is 0.375. The molecule has 2 aromatic rings. The van der Waals surface area contributed by atoms with Gasteiger partial charge in [-0.25, -0.2) is 14.4 Å². The highest BCUT2D eigenvalue weighted by Gasteiger charge is 2.42. The van der Waals surface area contributed by atoms with Crippen LogP contribution in [-0.4, -0.2) is 58.4 Å². The summed E-state index contributed by atoms with van der Waals surface area (Å²) in [6, 6.07) is 10.2. The molecule has 33 heavy (non-hydrogen) atoms. The van der Waals surface area contributed by atoms with E-state index < -0.39 is 11.9 Å². The Morgan fingerprint density at radius 3 is 2.06 bits per heavy atom. The first-order chi connectivity index (χ1) is 15.7. The van der Waals surface area contributed by atoms with Crippen LogP contribution < -0.4 is 5.32 Å². The van der Waals surface area contributed by atoms with Crippen LogP contribution in [0.25, 0.3) is 10.4 Å². The van der Waals surface area contributed by atoms with Gasteiger partial charge in [-0.05, 0) is 25.0 Å². The van der Waals surface area contributed by atoms with Gasteiger partial charge in [-0.15, -0.1) is 11.3 Å². The van der Waals surface area contributed by atoms with Gasteiger partial charge in [-0.1, -0.05) is 30.3 Å². The number of rotatable bonds is 5. The van der Waals surface area contributed by atoms with Gasteiger partial charge in [0.2, 0.25) is 0 Å². The van der Waals surface area contributed by atoms with E-state index in [1.807, 2.05) is 18.2 Å². The van der Waals surface area contributed by atoms with Crippen molar-refractivity contribution in [2.45, 2.75) is 38.7 Å². The van der Waals surface area contributed by atoms with Crippen LogP contribution in [-0.2, 0) is 14.3 Å². The van der Waals surface area contributed by atoms with Crippen LogP contribution in [0.1, 0.15) is 29.7 Å². The number of carbonyl (C=O) groups excluding carboxylic acids is 1. The number of nitrogens with zero attached hydrogens (tertiary/aromatic N) is 1. The number of carboxylic acids is 2. The summed E-state index contributed by atoms with van der Waals surface area (Å²) in [6.45, 7) is 7.28. The SMILES string of the molecule is Cc1sc(-c2ccccc2)c(NC(=O)OC23CCN(CC2)CC3)c1C.O=C(O)/C=C/C(=O)O. The van der Waals surface area contributed by atoms with Gasteiger partial charge in [0, 0.05) is 55.9 Å². The first kappa shape index (κ1) is 24.5. The number of thiophene rings is 1. The number of anilines is 1. The van der Waals surface area contributed by atoms with Crippen molar-refractivity contribution in [3.63, 3.8) is 0 Å². The molecule has 176 valence electrons. The zero-order valence-corrected chi connectivity index (χ0v) is 19.5. The number of aryl methyl sites for hydroxylation is 1. The topological polar surface area (TPSA) is 116 Å². The molecule has 1 aromatic carbocycles. The minimum Gasteiger partial charge on any atom is -0.478 e. The molecule has 1 amide bonds. The lowest BCUT2D eigenvalue weighted by molar-refractivity contribution is -0.134. The minimum absolute atomic E-state index is 0.259. The Kier molecular flexibility index (Phi) is 7.88. The highest BCUT2D eigenvalue weighted by atomic mass is 32.1. The third kappa shape index (κ3) is 6.43. The summed E-state index contributed by atoms with van der Waals surface area (Å²) in [7, 11) is 0. The molecule has 1 aromatic heterocycles. The van der Waals surface area contributed by atoms with Crippen molar-refractivity contribution in [3.05, 3.63) is 52.9 Å². The Hall–Kier alpha value is -3.17. The number of carbonyl (C=O) groups is 3. The highest BCUT2D eigenvalue weighted by Crippen LogP contribution is 2.41. The third-order valence-corrected chi connectivity index (χ3v) is 7.23. The summed E-state index contributed by atoms with van der Waals surface area (Å²) >= 11 is 1.72. The maximum atomic E-state index is 12.7. The van der Waals surface area contributed by atoms with E-state index in [1.54, 1.807) is 11.3 Å². The van der Waals surface area contributed by atoms with Gasteiger partial charge in [0.15, 0.2) is 0 Å². The molecule has 8 nitrogen and oxygen atoms in total. The van der Waals surface area contributed by atoms with Crippen molar-refractivity contribution in [3.8, 4) is 10.4 Å². The number of fused-ring (bicyclic) bond motifs is 3. The highest BCUT2D eigenvalue weighted by molar-refractivity contribution is 7.16. The molecule has 5 rings (SSSR count). The molecule has 4 heterocycles. The molecule has 2 bridgehead atoms. The lowest BCUT2D eigenvalue weighted by Crippen LogP contribution is -2.54. The van der Waals surface area contributed by atoms with E-state index in [-0.39, 0.29) is 11.7 Å². The second kappa shape index (κ2) is 10.6. The van der Waals surface area contributed by atoms with Gasteiger partial charge < -0.3 is 19.8 Å². The van der Waals surface area contributed by atoms with Crippen molar-refractivity contribution in [1.29, 1.82) is 0 Å². The van der Waals surface area contributed by atoms with E-state index in [0.29, 0.717) is 12.2 Å². The van der Waals surface area contributed by atoms with Crippen LogP contribution in [0.15, 0.2) is 42.5 Å². The predicted molar refractivity (Wildman–Crippen MR) is 127 cm³/mol. The number of hydrogen-bond acceptors (Lipinski definition) is 6. The molecule has 3 fully saturated rings. The molecular weight excluding hydrogens is 444 g/mol. The molecule has 3 N–H and O–H groups in total. The van der Waals surface area contributed by atoms with Crippen LogP contribution in [0.3, 0.4) is 0 Å². The van der Waals surface area contributed by atoms with E-state index >= 15 is 0 Å². The van der Waals surface area contributed by atoms with Crippen LogP contribution in [0.5, 0.6) is 0 Å². The molecule has 3 saturated heterocycles. The second-order valence-electron chi connectivity index (χ2n) is 8.15. The van der Waals surface area contributed by atoms with Crippen LogP contribution in [0, 0.1) is 13.8 Å². The van der Waals surface area contributed by atoms with E-state index in [4.69, 9.17) is 14.9 Å². The molecular formula is C24H28N2O6S. The number of aliphatic carboxylic acids is 2. The Bertz CT molecular complexity index is 1010. The summed E-state index contributed by atoms with van der Waals surface area (Å²) in [5.74, 6) is -2.51. The lowest BCUT2D eigenvalue weighted by atomic mass is 9.83. The van der Waals surface area contributed by atoms with E-state index in [2.05, 4.69) is 36.2 Å². The number of ether oxygens (including phenoxy) is 1. The number of hydrogen-bond donors (Lipinski definition) is 3. The zero-order valence-electron chi connectivity index (χ0n) is 18.7. The van der Waals surface area contributed by atoms with E-state index in [0.717, 1.165) is 60.6 Å². The van der Waals surface area contributed by atoms with Gasteiger partial charge in [0.25, 0.3) is 0 Å². The molecule has 0 unspecified atom stereocenters. The Morgan fingerprint density at radius 1 is 1.00 bits per heavy atom. The Labute approximate surface area is 196 Å². The smallest absolute Gasteiger partial charge is 0.412 e. The number of carboxylic acid groups (broad SMARTS) is 2. The van der Waals surface area contributed by atoms with Crippen molar-refractivity contribution in [2.75, 3.05) is 25.0 Å². The van der Waals surface area contributed by atoms with Crippen molar-refractivity contribution < 1.29 is 29.3 Å². The molecule has 3 aliphatic heterocycles. The van der Waals surface area contributed by atoms with E-state index in [9.17, 15) is 14.4 Å². The molecule has 0 atom stereocenters. The van der Waals surface area contributed by atoms with Crippen molar-refractivity contribution in [2.24, 2.45) is 0 Å².